The molecule has 2 aromatic heterocycles. The first-order chi connectivity index (χ1) is 14.6. The second kappa shape index (κ2) is 8.78. The van der Waals surface area contributed by atoms with Gasteiger partial charge in [-0.15, -0.1) is 11.3 Å². The molecule has 1 aliphatic rings. The number of methoxy groups -OCH3 is 1. The first-order valence-corrected chi connectivity index (χ1v) is 10.5. The van der Waals surface area contributed by atoms with Crippen molar-refractivity contribution in [3.05, 3.63) is 58.3 Å². The molecule has 30 heavy (non-hydrogen) atoms. The van der Waals surface area contributed by atoms with E-state index in [-0.39, 0.29) is 18.3 Å². The zero-order valence-electron chi connectivity index (χ0n) is 16.6. The van der Waals surface area contributed by atoms with Crippen LogP contribution in [0.2, 0.25) is 0 Å². The van der Waals surface area contributed by atoms with Crippen molar-refractivity contribution in [3.63, 3.8) is 0 Å². The van der Waals surface area contributed by atoms with Gasteiger partial charge >= 0.3 is 0 Å². The molecule has 1 aliphatic heterocycles. The average Bonchev–Trinajstić information content (AvgIpc) is 2.96. The van der Waals surface area contributed by atoms with Gasteiger partial charge in [0.15, 0.2) is 0 Å². The van der Waals surface area contributed by atoms with Crippen LogP contribution in [-0.4, -0.2) is 49.1 Å². The largest absolute Gasteiger partial charge is 0.380 e. The molecule has 0 saturated carbocycles. The molecule has 1 aromatic carbocycles. The second-order valence-corrected chi connectivity index (χ2v) is 8.13. The van der Waals surface area contributed by atoms with Crippen molar-refractivity contribution in [3.8, 4) is 6.07 Å². The molecule has 0 radical (unpaired) electrons. The van der Waals surface area contributed by atoms with Crippen molar-refractivity contribution < 1.29 is 13.9 Å². The molecule has 0 bridgehead atoms. The van der Waals surface area contributed by atoms with Crippen LogP contribution in [0, 0.1) is 17.1 Å². The summed E-state index contributed by atoms with van der Waals surface area (Å²) in [4.78, 5) is 22.1. The molecule has 0 spiro atoms. The number of carbonyl (C=O) groups is 1. The number of nitrogens with zero attached hydrogens (tertiary/aromatic N) is 4. The maximum absolute atomic E-state index is 14.5. The van der Waals surface area contributed by atoms with Gasteiger partial charge in [0.25, 0.3) is 5.91 Å². The highest BCUT2D eigenvalue weighted by atomic mass is 32.1. The maximum Gasteiger partial charge on any atom is 0.264 e. The van der Waals surface area contributed by atoms with E-state index in [1.54, 1.807) is 36.4 Å². The topological polar surface area (TPSA) is 69.5 Å². The minimum Gasteiger partial charge on any atom is -0.380 e. The monoisotopic (exact) mass is 424 g/mol. The number of ether oxygens (including phenoxy) is 1. The minimum atomic E-state index is -0.337. The maximum atomic E-state index is 14.5. The standard InChI is InChI=1S/C22H21FN4O2S/c1-29-14-16-19-17(23)6-2-7-18(19)30-20(16)22(28)27-10-4-9-26(11-12-27)21-15(13-24)5-3-8-25-21/h2-3,5-8H,4,9-12,14H2,1H3. The van der Waals surface area contributed by atoms with E-state index in [4.69, 9.17) is 4.74 Å². The Kier molecular flexibility index (Phi) is 5.93. The highest BCUT2D eigenvalue weighted by Gasteiger charge is 2.27. The molecule has 0 atom stereocenters. The van der Waals surface area contributed by atoms with E-state index >= 15 is 0 Å². The summed E-state index contributed by atoms with van der Waals surface area (Å²) in [6, 6.07) is 10.6. The van der Waals surface area contributed by atoms with Gasteiger partial charge in [0.05, 0.1) is 17.0 Å². The molecule has 3 heterocycles. The Bertz CT molecular complexity index is 1120. The van der Waals surface area contributed by atoms with Crippen LogP contribution in [0.5, 0.6) is 0 Å². The number of thiophene rings is 1. The summed E-state index contributed by atoms with van der Waals surface area (Å²) >= 11 is 1.31. The van der Waals surface area contributed by atoms with Gasteiger partial charge < -0.3 is 14.5 Å². The van der Waals surface area contributed by atoms with Gasteiger partial charge in [-0.1, -0.05) is 6.07 Å². The number of nitriles is 1. The molecule has 0 N–H and O–H groups in total. The van der Waals surface area contributed by atoms with Gasteiger partial charge in [-0.05, 0) is 30.7 Å². The Labute approximate surface area is 178 Å². The van der Waals surface area contributed by atoms with Gasteiger partial charge in [-0.3, -0.25) is 4.79 Å². The predicted octanol–water partition coefficient (Wildman–Crippen LogP) is 3.81. The lowest BCUT2D eigenvalue weighted by Crippen LogP contribution is -2.35. The van der Waals surface area contributed by atoms with E-state index in [9.17, 15) is 14.4 Å². The van der Waals surface area contributed by atoms with Crippen LogP contribution >= 0.6 is 11.3 Å². The summed E-state index contributed by atoms with van der Waals surface area (Å²) in [5, 5.41) is 9.83. The molecule has 3 aromatic rings. The zero-order valence-corrected chi connectivity index (χ0v) is 17.4. The number of carbonyl (C=O) groups excluding carboxylic acids is 1. The SMILES string of the molecule is COCc1c(C(=O)N2CCCN(c3ncccc3C#N)CC2)sc2cccc(F)c12. The zero-order chi connectivity index (χ0) is 21.1. The third-order valence-electron chi connectivity index (χ3n) is 5.24. The highest BCUT2D eigenvalue weighted by Crippen LogP contribution is 2.35. The summed E-state index contributed by atoms with van der Waals surface area (Å²) in [5.74, 6) is 0.209. The van der Waals surface area contributed by atoms with Crippen LogP contribution in [-0.2, 0) is 11.3 Å². The van der Waals surface area contributed by atoms with Gasteiger partial charge in [0.2, 0.25) is 0 Å². The van der Waals surface area contributed by atoms with Crippen molar-refractivity contribution in [2.24, 2.45) is 0 Å². The Hall–Kier alpha value is -3.02. The fourth-order valence-electron chi connectivity index (χ4n) is 3.83. The Morgan fingerprint density at radius 2 is 2.13 bits per heavy atom. The minimum absolute atomic E-state index is 0.106. The van der Waals surface area contributed by atoms with E-state index in [0.717, 1.165) is 11.1 Å². The Balaban J connectivity index is 1.60. The second-order valence-electron chi connectivity index (χ2n) is 7.07. The molecule has 0 unspecified atom stereocenters. The van der Waals surface area contributed by atoms with Crippen LogP contribution in [0.25, 0.3) is 10.1 Å². The fourth-order valence-corrected chi connectivity index (χ4v) is 5.02. The van der Waals surface area contributed by atoms with Crippen molar-refractivity contribution in [1.29, 1.82) is 5.26 Å². The summed E-state index contributed by atoms with van der Waals surface area (Å²) in [6.07, 6.45) is 2.43. The number of anilines is 1. The molecule has 8 heteroatoms. The lowest BCUT2D eigenvalue weighted by Gasteiger charge is -2.23. The van der Waals surface area contributed by atoms with E-state index in [1.807, 2.05) is 11.0 Å². The molecule has 154 valence electrons. The van der Waals surface area contributed by atoms with Crippen molar-refractivity contribution >= 4 is 33.1 Å². The van der Waals surface area contributed by atoms with E-state index < -0.39 is 0 Å². The van der Waals surface area contributed by atoms with E-state index in [0.29, 0.717) is 53.4 Å². The molecule has 1 fully saturated rings. The summed E-state index contributed by atoms with van der Waals surface area (Å²) in [5.41, 5.74) is 1.14. The van der Waals surface area contributed by atoms with Gasteiger partial charge in [-0.25, -0.2) is 9.37 Å². The van der Waals surface area contributed by atoms with Gasteiger partial charge in [0.1, 0.15) is 17.7 Å². The quantitative estimate of drug-likeness (QED) is 0.637. The molecule has 1 amide bonds. The number of fused-ring (bicyclic) bond motifs is 1. The highest BCUT2D eigenvalue weighted by molar-refractivity contribution is 7.21. The van der Waals surface area contributed by atoms with Crippen LogP contribution in [0.15, 0.2) is 36.5 Å². The first-order valence-electron chi connectivity index (χ1n) is 9.72. The smallest absolute Gasteiger partial charge is 0.264 e. The predicted molar refractivity (Wildman–Crippen MR) is 114 cm³/mol. The number of benzene rings is 1. The summed E-state index contributed by atoms with van der Waals surface area (Å²) in [7, 11) is 1.54. The van der Waals surface area contributed by atoms with Crippen LogP contribution < -0.4 is 4.90 Å². The van der Waals surface area contributed by atoms with Crippen molar-refractivity contribution in [2.45, 2.75) is 13.0 Å². The molecule has 1 saturated heterocycles. The summed E-state index contributed by atoms with van der Waals surface area (Å²) < 4.78 is 20.5. The van der Waals surface area contributed by atoms with Gasteiger partial charge in [-0.2, -0.15) is 5.26 Å². The van der Waals surface area contributed by atoms with Crippen LogP contribution in [0.1, 0.15) is 27.2 Å². The third kappa shape index (κ3) is 3.74. The molecule has 6 nitrogen and oxygen atoms in total. The first kappa shape index (κ1) is 20.3. The fraction of sp³-hybridized carbons (Fsp3) is 0.318. The van der Waals surface area contributed by atoms with Crippen LogP contribution in [0.4, 0.5) is 10.2 Å². The Morgan fingerprint density at radius 1 is 1.27 bits per heavy atom. The number of aromatic nitrogens is 1. The molecule has 0 aliphatic carbocycles. The average molecular weight is 425 g/mol. The molecular formula is C22H21FN4O2S. The normalized spacial score (nSPS) is 14.6. The van der Waals surface area contributed by atoms with E-state index in [2.05, 4.69) is 11.1 Å². The molecule has 4 rings (SSSR count). The number of halogens is 1. The number of pyridine rings is 1. The van der Waals surface area contributed by atoms with Crippen molar-refractivity contribution in [2.75, 3.05) is 38.2 Å². The van der Waals surface area contributed by atoms with E-state index in [1.165, 1.54) is 17.4 Å². The number of hydrogen-bond acceptors (Lipinski definition) is 6. The lowest BCUT2D eigenvalue weighted by molar-refractivity contribution is 0.0767. The Morgan fingerprint density at radius 3 is 2.93 bits per heavy atom. The van der Waals surface area contributed by atoms with Crippen molar-refractivity contribution in [1.82, 2.24) is 9.88 Å². The van der Waals surface area contributed by atoms with Gasteiger partial charge in [0, 0.05) is 55.1 Å². The third-order valence-corrected chi connectivity index (χ3v) is 6.42. The molecular weight excluding hydrogens is 403 g/mol. The number of rotatable bonds is 4. The number of hydrogen-bond donors (Lipinski definition) is 0. The summed E-state index contributed by atoms with van der Waals surface area (Å²) in [6.45, 7) is 2.57. The number of amides is 1. The van der Waals surface area contributed by atoms with Crippen LogP contribution in [0.3, 0.4) is 0 Å². The lowest BCUT2D eigenvalue weighted by atomic mass is 10.1.